The molecule has 1 unspecified atom stereocenters. The third-order valence-electron chi connectivity index (χ3n) is 4.86. The van der Waals surface area contributed by atoms with Gasteiger partial charge in [-0.2, -0.15) is 0 Å². The van der Waals surface area contributed by atoms with E-state index in [1.807, 2.05) is 36.5 Å². The number of carbonyl (C=O) groups is 1. The first kappa shape index (κ1) is 19.3. The van der Waals surface area contributed by atoms with E-state index in [0.717, 1.165) is 43.2 Å². The maximum absolute atomic E-state index is 12.4. The van der Waals surface area contributed by atoms with E-state index in [9.17, 15) is 4.79 Å². The summed E-state index contributed by atoms with van der Waals surface area (Å²) in [5.74, 6) is 0.870. The van der Waals surface area contributed by atoms with Gasteiger partial charge >= 0.3 is 0 Å². The summed E-state index contributed by atoms with van der Waals surface area (Å²) in [5.41, 5.74) is 2.16. The summed E-state index contributed by atoms with van der Waals surface area (Å²) in [5, 5.41) is 3.10. The minimum atomic E-state index is 0.0445. The molecule has 1 aromatic heterocycles. The van der Waals surface area contributed by atoms with Crippen LogP contribution in [-0.2, 0) is 16.0 Å². The molecular formula is C21H27N3O3. The van der Waals surface area contributed by atoms with Crippen LogP contribution in [0.2, 0.25) is 0 Å². The number of nitrogens with zero attached hydrogens (tertiary/aromatic N) is 2. The molecule has 1 amide bonds. The van der Waals surface area contributed by atoms with Crippen molar-refractivity contribution >= 4 is 5.91 Å². The van der Waals surface area contributed by atoms with Crippen LogP contribution < -0.4 is 10.1 Å². The predicted octanol–water partition coefficient (Wildman–Crippen LogP) is 2.21. The van der Waals surface area contributed by atoms with Gasteiger partial charge in [0, 0.05) is 38.4 Å². The zero-order valence-electron chi connectivity index (χ0n) is 15.8. The van der Waals surface area contributed by atoms with Crippen LogP contribution in [0.1, 0.15) is 23.6 Å². The van der Waals surface area contributed by atoms with Gasteiger partial charge in [0.1, 0.15) is 5.75 Å². The number of ether oxygens (including phenoxy) is 2. The number of hydrogen-bond acceptors (Lipinski definition) is 5. The van der Waals surface area contributed by atoms with Crippen molar-refractivity contribution in [3.05, 3.63) is 59.9 Å². The smallest absolute Gasteiger partial charge is 0.220 e. The third-order valence-corrected chi connectivity index (χ3v) is 4.86. The van der Waals surface area contributed by atoms with Crippen molar-refractivity contribution in [2.24, 2.45) is 0 Å². The first-order chi connectivity index (χ1) is 13.3. The molecule has 0 spiro atoms. The molecular weight excluding hydrogens is 342 g/mol. The summed E-state index contributed by atoms with van der Waals surface area (Å²) in [6, 6.07) is 11.9. The molecule has 6 heteroatoms. The van der Waals surface area contributed by atoms with E-state index in [1.54, 1.807) is 13.3 Å². The number of benzene rings is 1. The van der Waals surface area contributed by atoms with Gasteiger partial charge in [-0.1, -0.05) is 24.3 Å². The number of para-hydroxylation sites is 1. The molecule has 0 bridgehead atoms. The molecule has 0 radical (unpaired) electrons. The number of carbonyl (C=O) groups excluding carboxylic acids is 1. The highest BCUT2D eigenvalue weighted by Gasteiger charge is 2.23. The lowest BCUT2D eigenvalue weighted by molar-refractivity contribution is -0.121. The fourth-order valence-corrected chi connectivity index (χ4v) is 3.38. The first-order valence-electron chi connectivity index (χ1n) is 9.38. The van der Waals surface area contributed by atoms with Crippen LogP contribution in [0.5, 0.6) is 5.75 Å². The Bertz CT molecular complexity index is 718. The quantitative estimate of drug-likeness (QED) is 0.773. The van der Waals surface area contributed by atoms with Crippen LogP contribution in [0.3, 0.4) is 0 Å². The van der Waals surface area contributed by atoms with Crippen LogP contribution in [0.25, 0.3) is 0 Å². The van der Waals surface area contributed by atoms with Gasteiger partial charge in [0.2, 0.25) is 5.91 Å². The molecule has 2 aromatic rings. The topological polar surface area (TPSA) is 63.7 Å². The number of rotatable bonds is 8. The normalized spacial score (nSPS) is 15.9. The lowest BCUT2D eigenvalue weighted by Crippen LogP contribution is -2.43. The van der Waals surface area contributed by atoms with E-state index < -0.39 is 0 Å². The maximum Gasteiger partial charge on any atom is 0.220 e. The molecule has 0 saturated carbocycles. The highest BCUT2D eigenvalue weighted by atomic mass is 16.5. The Morgan fingerprint density at radius 3 is 2.81 bits per heavy atom. The van der Waals surface area contributed by atoms with Crippen molar-refractivity contribution in [3.63, 3.8) is 0 Å². The van der Waals surface area contributed by atoms with Gasteiger partial charge in [-0.25, -0.2) is 0 Å². The minimum absolute atomic E-state index is 0.0445. The SMILES string of the molecule is COc1ccccc1CCC(=O)NCC(c1cccnc1)N1CCOCC1. The Morgan fingerprint density at radius 2 is 2.07 bits per heavy atom. The van der Waals surface area contributed by atoms with E-state index >= 15 is 0 Å². The Balaban J connectivity index is 1.57. The summed E-state index contributed by atoms with van der Waals surface area (Å²) in [7, 11) is 1.65. The number of aromatic nitrogens is 1. The lowest BCUT2D eigenvalue weighted by Gasteiger charge is -2.34. The number of methoxy groups -OCH3 is 1. The van der Waals surface area contributed by atoms with Gasteiger partial charge in [-0.15, -0.1) is 0 Å². The van der Waals surface area contributed by atoms with Crippen molar-refractivity contribution in [2.75, 3.05) is 40.0 Å². The number of amides is 1. The summed E-state index contributed by atoms with van der Waals surface area (Å²) in [4.78, 5) is 19.0. The second-order valence-electron chi connectivity index (χ2n) is 6.57. The Hall–Kier alpha value is -2.44. The molecule has 0 aliphatic carbocycles. The molecule has 1 fully saturated rings. The second-order valence-corrected chi connectivity index (χ2v) is 6.57. The maximum atomic E-state index is 12.4. The molecule has 27 heavy (non-hydrogen) atoms. The van der Waals surface area contributed by atoms with Gasteiger partial charge in [-0.3, -0.25) is 14.7 Å². The van der Waals surface area contributed by atoms with Gasteiger partial charge < -0.3 is 14.8 Å². The molecule has 1 aromatic carbocycles. The minimum Gasteiger partial charge on any atom is -0.496 e. The third kappa shape index (κ3) is 5.52. The van der Waals surface area contributed by atoms with E-state index in [2.05, 4.69) is 21.3 Å². The lowest BCUT2D eigenvalue weighted by atomic mass is 10.1. The van der Waals surface area contributed by atoms with E-state index in [1.165, 1.54) is 0 Å². The predicted molar refractivity (Wildman–Crippen MR) is 104 cm³/mol. The Kier molecular flexibility index (Phi) is 7.19. The molecule has 2 heterocycles. The highest BCUT2D eigenvalue weighted by Crippen LogP contribution is 2.21. The average Bonchev–Trinajstić information content (AvgIpc) is 2.74. The van der Waals surface area contributed by atoms with Gasteiger partial charge in [0.25, 0.3) is 0 Å². The number of aryl methyl sites for hydroxylation is 1. The summed E-state index contributed by atoms with van der Waals surface area (Å²) in [6.07, 6.45) is 4.74. The van der Waals surface area contributed by atoms with Crippen LogP contribution in [-0.4, -0.2) is 55.7 Å². The molecule has 1 N–H and O–H groups in total. The Morgan fingerprint density at radius 1 is 1.26 bits per heavy atom. The van der Waals surface area contributed by atoms with Crippen LogP contribution in [0.4, 0.5) is 0 Å². The van der Waals surface area contributed by atoms with Crippen molar-refractivity contribution in [1.29, 1.82) is 0 Å². The fourth-order valence-electron chi connectivity index (χ4n) is 3.38. The number of nitrogens with one attached hydrogen (secondary N) is 1. The zero-order chi connectivity index (χ0) is 18.9. The van der Waals surface area contributed by atoms with E-state index in [4.69, 9.17) is 9.47 Å². The summed E-state index contributed by atoms with van der Waals surface area (Å²) in [6.45, 7) is 3.72. The van der Waals surface area contributed by atoms with Gasteiger partial charge in [0.15, 0.2) is 0 Å². The molecule has 1 saturated heterocycles. The van der Waals surface area contributed by atoms with Crippen LogP contribution in [0.15, 0.2) is 48.8 Å². The van der Waals surface area contributed by atoms with E-state index in [-0.39, 0.29) is 11.9 Å². The van der Waals surface area contributed by atoms with Crippen molar-refractivity contribution in [3.8, 4) is 5.75 Å². The molecule has 1 atom stereocenters. The summed E-state index contributed by atoms with van der Waals surface area (Å²) >= 11 is 0. The summed E-state index contributed by atoms with van der Waals surface area (Å²) < 4.78 is 10.8. The Labute approximate surface area is 160 Å². The molecule has 1 aliphatic rings. The first-order valence-corrected chi connectivity index (χ1v) is 9.38. The number of pyridine rings is 1. The standard InChI is InChI=1S/C21H27N3O3/c1-26-20-7-3-2-5-17(20)8-9-21(25)23-16-19(18-6-4-10-22-15-18)24-11-13-27-14-12-24/h2-7,10,15,19H,8-9,11-14,16H2,1H3,(H,23,25). The fraction of sp³-hybridized carbons (Fsp3) is 0.429. The molecule has 3 rings (SSSR count). The zero-order valence-corrected chi connectivity index (χ0v) is 15.8. The molecule has 6 nitrogen and oxygen atoms in total. The number of morpholine rings is 1. The average molecular weight is 369 g/mol. The van der Waals surface area contributed by atoms with Crippen molar-refractivity contribution in [2.45, 2.75) is 18.9 Å². The molecule has 1 aliphatic heterocycles. The van der Waals surface area contributed by atoms with Crippen LogP contribution in [0, 0.1) is 0 Å². The molecule has 144 valence electrons. The van der Waals surface area contributed by atoms with E-state index in [0.29, 0.717) is 19.4 Å². The van der Waals surface area contributed by atoms with Crippen molar-refractivity contribution < 1.29 is 14.3 Å². The largest absolute Gasteiger partial charge is 0.496 e. The number of hydrogen-bond donors (Lipinski definition) is 1. The van der Waals surface area contributed by atoms with Crippen LogP contribution >= 0.6 is 0 Å². The van der Waals surface area contributed by atoms with Gasteiger partial charge in [0.05, 0.1) is 26.4 Å². The highest BCUT2D eigenvalue weighted by molar-refractivity contribution is 5.76. The second kappa shape index (κ2) is 10.0. The van der Waals surface area contributed by atoms with Crippen molar-refractivity contribution in [1.82, 2.24) is 15.2 Å². The van der Waals surface area contributed by atoms with Gasteiger partial charge in [-0.05, 0) is 29.7 Å². The monoisotopic (exact) mass is 369 g/mol.